The molecule has 0 amide bonds. The number of allylic oxidation sites excluding steroid dienone is 1. The van der Waals surface area contributed by atoms with Gasteiger partial charge in [-0.3, -0.25) is 4.79 Å². The Balaban J connectivity index is 2.61. The Bertz CT molecular complexity index is 594. The Hall–Kier alpha value is -2.30. The molecule has 1 aromatic carbocycles. The van der Waals surface area contributed by atoms with Gasteiger partial charge < -0.3 is 14.8 Å². The van der Waals surface area contributed by atoms with E-state index in [0.717, 1.165) is 11.3 Å². The van der Waals surface area contributed by atoms with E-state index in [-0.39, 0.29) is 12.0 Å². The number of rotatable bonds is 3. The Labute approximate surface area is 130 Å². The van der Waals surface area contributed by atoms with Crippen molar-refractivity contribution in [3.05, 3.63) is 47.2 Å². The number of carbonyl (C=O) groups excluding carboxylic acids is 2. The van der Waals surface area contributed by atoms with Gasteiger partial charge in [-0.1, -0.05) is 30.3 Å². The minimum atomic E-state index is -0.495. The summed E-state index contributed by atoms with van der Waals surface area (Å²) in [6.07, 6.45) is 0. The van der Waals surface area contributed by atoms with Crippen LogP contribution in [0, 0.1) is 5.92 Å². The number of hydrogen-bond acceptors (Lipinski definition) is 5. The van der Waals surface area contributed by atoms with Crippen molar-refractivity contribution in [2.75, 3.05) is 14.2 Å². The van der Waals surface area contributed by atoms with Gasteiger partial charge in [-0.15, -0.1) is 0 Å². The highest BCUT2D eigenvalue weighted by Crippen LogP contribution is 2.39. The molecule has 0 saturated heterocycles. The molecule has 22 heavy (non-hydrogen) atoms. The highest BCUT2D eigenvalue weighted by atomic mass is 16.5. The molecule has 1 aliphatic heterocycles. The second kappa shape index (κ2) is 6.64. The summed E-state index contributed by atoms with van der Waals surface area (Å²) >= 11 is 0. The average Bonchev–Trinajstić information content (AvgIpc) is 2.53. The summed E-state index contributed by atoms with van der Waals surface area (Å²) in [7, 11) is 2.70. The molecule has 1 N–H and O–H groups in total. The lowest BCUT2D eigenvalue weighted by molar-refractivity contribution is -0.147. The first-order valence-corrected chi connectivity index (χ1v) is 7.19. The van der Waals surface area contributed by atoms with Crippen molar-refractivity contribution in [1.29, 1.82) is 0 Å². The molecule has 1 aromatic rings. The van der Waals surface area contributed by atoms with E-state index in [9.17, 15) is 9.59 Å². The molecule has 3 atom stereocenters. The van der Waals surface area contributed by atoms with Crippen molar-refractivity contribution in [2.24, 2.45) is 5.92 Å². The Morgan fingerprint density at radius 2 is 1.73 bits per heavy atom. The van der Waals surface area contributed by atoms with Gasteiger partial charge in [0, 0.05) is 17.7 Å². The molecular weight excluding hydrogens is 282 g/mol. The summed E-state index contributed by atoms with van der Waals surface area (Å²) in [6.45, 7) is 3.74. The van der Waals surface area contributed by atoms with Crippen LogP contribution in [0.15, 0.2) is 41.6 Å². The van der Waals surface area contributed by atoms with Crippen LogP contribution in [0.1, 0.15) is 25.3 Å². The minimum Gasteiger partial charge on any atom is -0.469 e. The number of esters is 2. The van der Waals surface area contributed by atoms with Gasteiger partial charge in [-0.05, 0) is 19.4 Å². The molecule has 1 aliphatic rings. The average molecular weight is 303 g/mol. The van der Waals surface area contributed by atoms with Crippen LogP contribution in [0.25, 0.3) is 0 Å². The minimum absolute atomic E-state index is 0.147. The number of nitrogens with one attached hydrogen (secondary N) is 1. The fourth-order valence-corrected chi connectivity index (χ4v) is 3.11. The molecule has 0 fully saturated rings. The maximum absolute atomic E-state index is 12.3. The predicted octanol–water partition coefficient (Wildman–Crippen LogP) is 2.00. The molecule has 5 nitrogen and oxygen atoms in total. The van der Waals surface area contributed by atoms with Crippen molar-refractivity contribution in [3.8, 4) is 0 Å². The second-order valence-electron chi connectivity index (χ2n) is 5.40. The van der Waals surface area contributed by atoms with Crippen LogP contribution in [0.3, 0.4) is 0 Å². The maximum Gasteiger partial charge on any atom is 0.336 e. The molecule has 1 heterocycles. The van der Waals surface area contributed by atoms with E-state index in [1.165, 1.54) is 14.2 Å². The van der Waals surface area contributed by atoms with Gasteiger partial charge in [0.1, 0.15) is 0 Å². The fourth-order valence-electron chi connectivity index (χ4n) is 3.11. The van der Waals surface area contributed by atoms with Gasteiger partial charge in [0.25, 0.3) is 0 Å². The van der Waals surface area contributed by atoms with E-state index in [1.807, 2.05) is 44.2 Å². The lowest BCUT2D eigenvalue weighted by Gasteiger charge is -2.37. The second-order valence-corrected chi connectivity index (χ2v) is 5.40. The quantitative estimate of drug-likeness (QED) is 0.865. The molecule has 0 radical (unpaired) electrons. The number of ether oxygens (including phenoxy) is 2. The molecular formula is C17H21NO4. The van der Waals surface area contributed by atoms with E-state index in [4.69, 9.17) is 9.47 Å². The van der Waals surface area contributed by atoms with Crippen molar-refractivity contribution >= 4 is 11.9 Å². The van der Waals surface area contributed by atoms with Crippen LogP contribution < -0.4 is 5.32 Å². The SMILES string of the molecule is COC(=O)C1=C(C)NC(C)C(C(=O)OC)C1c1ccccc1. The summed E-state index contributed by atoms with van der Waals surface area (Å²) in [4.78, 5) is 24.5. The van der Waals surface area contributed by atoms with Crippen LogP contribution in [-0.4, -0.2) is 32.2 Å². The Morgan fingerprint density at radius 1 is 1.09 bits per heavy atom. The fraction of sp³-hybridized carbons (Fsp3) is 0.412. The lowest BCUT2D eigenvalue weighted by atomic mass is 9.74. The van der Waals surface area contributed by atoms with Gasteiger partial charge in [0.2, 0.25) is 0 Å². The summed E-state index contributed by atoms with van der Waals surface area (Å²) in [5.74, 6) is -1.66. The normalized spacial score (nSPS) is 24.5. The standard InChI is InChI=1S/C17H21NO4/c1-10-13(16(19)21-3)15(12-8-6-5-7-9-12)14(11(2)18-10)17(20)22-4/h5-10,13,15,18H,1-4H3. The highest BCUT2D eigenvalue weighted by Gasteiger charge is 2.44. The number of benzene rings is 1. The molecule has 5 heteroatoms. The molecule has 2 rings (SSSR count). The van der Waals surface area contributed by atoms with Crippen LogP contribution >= 0.6 is 0 Å². The molecule has 0 aromatic heterocycles. The number of carbonyl (C=O) groups is 2. The van der Waals surface area contributed by atoms with Crippen LogP contribution in [-0.2, 0) is 19.1 Å². The van der Waals surface area contributed by atoms with Gasteiger partial charge in [-0.2, -0.15) is 0 Å². The van der Waals surface area contributed by atoms with Crippen LogP contribution in [0.2, 0.25) is 0 Å². The molecule has 0 saturated carbocycles. The van der Waals surface area contributed by atoms with Crippen molar-refractivity contribution in [1.82, 2.24) is 5.32 Å². The smallest absolute Gasteiger partial charge is 0.336 e. The Morgan fingerprint density at radius 3 is 2.27 bits per heavy atom. The summed E-state index contributed by atoms with van der Waals surface area (Å²) in [5.41, 5.74) is 2.10. The predicted molar refractivity (Wildman–Crippen MR) is 82.0 cm³/mol. The van der Waals surface area contributed by atoms with E-state index < -0.39 is 17.8 Å². The van der Waals surface area contributed by atoms with Crippen molar-refractivity contribution in [2.45, 2.75) is 25.8 Å². The monoisotopic (exact) mass is 303 g/mol. The third kappa shape index (κ3) is 2.84. The van der Waals surface area contributed by atoms with Gasteiger partial charge in [-0.25, -0.2) is 4.79 Å². The topological polar surface area (TPSA) is 64.6 Å². The van der Waals surface area contributed by atoms with E-state index in [2.05, 4.69) is 5.32 Å². The highest BCUT2D eigenvalue weighted by molar-refractivity contribution is 5.93. The van der Waals surface area contributed by atoms with Gasteiger partial charge >= 0.3 is 11.9 Å². The van der Waals surface area contributed by atoms with E-state index >= 15 is 0 Å². The number of hydrogen-bond donors (Lipinski definition) is 1. The van der Waals surface area contributed by atoms with E-state index in [0.29, 0.717) is 5.57 Å². The summed E-state index contributed by atoms with van der Waals surface area (Å²) in [5, 5.41) is 3.19. The summed E-state index contributed by atoms with van der Waals surface area (Å²) < 4.78 is 9.88. The van der Waals surface area contributed by atoms with E-state index in [1.54, 1.807) is 0 Å². The van der Waals surface area contributed by atoms with Gasteiger partial charge in [0.05, 0.1) is 25.7 Å². The summed E-state index contributed by atoms with van der Waals surface area (Å²) in [6, 6.07) is 9.35. The first-order valence-electron chi connectivity index (χ1n) is 7.19. The number of methoxy groups -OCH3 is 2. The largest absolute Gasteiger partial charge is 0.469 e. The van der Waals surface area contributed by atoms with Crippen molar-refractivity contribution < 1.29 is 19.1 Å². The van der Waals surface area contributed by atoms with Crippen LogP contribution in [0.5, 0.6) is 0 Å². The molecule has 118 valence electrons. The third-order valence-electron chi connectivity index (χ3n) is 4.09. The zero-order chi connectivity index (χ0) is 16.3. The first kappa shape index (κ1) is 16.1. The molecule has 0 aliphatic carbocycles. The zero-order valence-electron chi connectivity index (χ0n) is 13.3. The zero-order valence-corrected chi connectivity index (χ0v) is 13.3. The van der Waals surface area contributed by atoms with Crippen molar-refractivity contribution in [3.63, 3.8) is 0 Å². The lowest BCUT2D eigenvalue weighted by Crippen LogP contribution is -2.47. The maximum atomic E-state index is 12.3. The van der Waals surface area contributed by atoms with Crippen LogP contribution in [0.4, 0.5) is 0 Å². The Kier molecular flexibility index (Phi) is 4.85. The molecule has 3 unspecified atom stereocenters. The van der Waals surface area contributed by atoms with Gasteiger partial charge in [0.15, 0.2) is 0 Å². The molecule has 0 bridgehead atoms. The molecule has 0 spiro atoms. The third-order valence-corrected chi connectivity index (χ3v) is 4.09. The first-order chi connectivity index (χ1) is 10.5.